The van der Waals surface area contributed by atoms with E-state index in [1.165, 1.54) is 0 Å². The predicted molar refractivity (Wildman–Crippen MR) is 64.3 cm³/mol. The average molecular weight is 220 g/mol. The zero-order chi connectivity index (χ0) is 11.7. The van der Waals surface area contributed by atoms with Gasteiger partial charge in [0, 0.05) is 12.6 Å². The molecule has 2 rings (SSSR count). The Kier molecular flexibility index (Phi) is 2.64. The third-order valence-electron chi connectivity index (χ3n) is 2.52. The molecule has 2 aromatic heterocycles. The van der Waals surface area contributed by atoms with Crippen LogP contribution in [0.5, 0.6) is 0 Å². The van der Waals surface area contributed by atoms with E-state index >= 15 is 0 Å². The molecule has 2 heterocycles. The van der Waals surface area contributed by atoms with Gasteiger partial charge in [0.1, 0.15) is 5.52 Å². The van der Waals surface area contributed by atoms with E-state index < -0.39 is 0 Å². The van der Waals surface area contributed by atoms with Crippen LogP contribution in [0.15, 0.2) is 6.33 Å². The number of nitrogens with two attached hydrogens (primary N) is 1. The van der Waals surface area contributed by atoms with E-state index in [0.717, 1.165) is 17.9 Å². The number of anilines is 2. The first-order valence-electron chi connectivity index (χ1n) is 5.36. The van der Waals surface area contributed by atoms with E-state index in [0.29, 0.717) is 11.7 Å². The molecule has 0 unspecified atom stereocenters. The largest absolute Gasteiger partial charge is 0.368 e. The molecule has 0 aliphatic heterocycles. The first-order chi connectivity index (χ1) is 7.63. The number of rotatable bonds is 3. The molecule has 16 heavy (non-hydrogen) atoms. The van der Waals surface area contributed by atoms with Gasteiger partial charge in [0.2, 0.25) is 5.95 Å². The minimum atomic E-state index is 0.258. The molecule has 6 nitrogen and oxygen atoms in total. The van der Waals surface area contributed by atoms with Gasteiger partial charge in [0.05, 0.1) is 6.33 Å². The molecule has 0 radical (unpaired) electrons. The van der Waals surface area contributed by atoms with E-state index in [1.54, 1.807) is 6.33 Å². The first kappa shape index (κ1) is 10.7. The Labute approximate surface area is 93.9 Å². The number of hydrogen-bond donors (Lipinski definition) is 2. The second-order valence-corrected chi connectivity index (χ2v) is 3.89. The van der Waals surface area contributed by atoms with Crippen LogP contribution in [0, 0.1) is 0 Å². The van der Waals surface area contributed by atoms with Gasteiger partial charge in [0.25, 0.3) is 0 Å². The van der Waals surface area contributed by atoms with E-state index in [9.17, 15) is 0 Å². The maximum atomic E-state index is 5.67. The molecule has 0 aliphatic rings. The van der Waals surface area contributed by atoms with E-state index in [1.807, 2.05) is 0 Å². The quantitative estimate of drug-likeness (QED) is 0.811. The number of nitrogens with one attached hydrogen (secondary N) is 1. The molecule has 0 bridgehead atoms. The van der Waals surface area contributed by atoms with Crippen molar-refractivity contribution in [2.75, 3.05) is 17.2 Å². The summed E-state index contributed by atoms with van der Waals surface area (Å²) in [6, 6.07) is 0.353. The van der Waals surface area contributed by atoms with E-state index in [-0.39, 0.29) is 5.95 Å². The molecule has 0 aromatic carbocycles. The van der Waals surface area contributed by atoms with Gasteiger partial charge < -0.3 is 15.6 Å². The number of fused-ring (bicyclic) bond motifs is 1. The fraction of sp³-hybridized carbons (Fsp3) is 0.500. The number of aromatic nitrogens is 4. The van der Waals surface area contributed by atoms with Crippen molar-refractivity contribution in [3.8, 4) is 0 Å². The van der Waals surface area contributed by atoms with Gasteiger partial charge in [-0.15, -0.1) is 0 Å². The summed E-state index contributed by atoms with van der Waals surface area (Å²) in [6.07, 6.45) is 1.61. The highest BCUT2D eigenvalue weighted by Crippen LogP contribution is 2.23. The molecular weight excluding hydrogens is 204 g/mol. The van der Waals surface area contributed by atoms with Crippen molar-refractivity contribution >= 4 is 22.9 Å². The maximum absolute atomic E-state index is 5.67. The zero-order valence-corrected chi connectivity index (χ0v) is 9.73. The molecular formula is C10H16N6. The second kappa shape index (κ2) is 3.96. The third-order valence-corrected chi connectivity index (χ3v) is 2.52. The summed E-state index contributed by atoms with van der Waals surface area (Å²) in [6.45, 7) is 7.18. The standard InChI is InChI=1S/C10H16N6/c1-4-16(6(2)3)9-7-8(13-5-12-7)14-10(11)15-9/h5-6H,4H2,1-3H3,(H3,11,12,13,14,15). The van der Waals surface area contributed by atoms with Gasteiger partial charge in [-0.05, 0) is 20.8 Å². The Hall–Kier alpha value is -1.85. The zero-order valence-electron chi connectivity index (χ0n) is 9.73. The molecule has 0 amide bonds. The fourth-order valence-electron chi connectivity index (χ4n) is 1.80. The van der Waals surface area contributed by atoms with Crippen LogP contribution >= 0.6 is 0 Å². The third kappa shape index (κ3) is 1.66. The Balaban J connectivity index is 2.61. The molecule has 86 valence electrons. The summed E-state index contributed by atoms with van der Waals surface area (Å²) < 4.78 is 0. The normalized spacial score (nSPS) is 11.2. The molecule has 6 heteroatoms. The number of hydrogen-bond acceptors (Lipinski definition) is 5. The SMILES string of the molecule is CCN(c1nc(N)nc2nc[nH]c12)C(C)C. The highest BCUT2D eigenvalue weighted by atomic mass is 15.2. The number of H-pyrrole nitrogens is 1. The van der Waals surface area contributed by atoms with Crippen molar-refractivity contribution in [2.45, 2.75) is 26.8 Å². The lowest BCUT2D eigenvalue weighted by molar-refractivity contribution is 0.695. The fourth-order valence-corrected chi connectivity index (χ4v) is 1.80. The van der Waals surface area contributed by atoms with Crippen LogP contribution in [-0.2, 0) is 0 Å². The van der Waals surface area contributed by atoms with Gasteiger partial charge >= 0.3 is 0 Å². The van der Waals surface area contributed by atoms with Crippen molar-refractivity contribution in [1.82, 2.24) is 19.9 Å². The molecule has 0 spiro atoms. The van der Waals surface area contributed by atoms with Crippen LogP contribution in [0.4, 0.5) is 11.8 Å². The Morgan fingerprint density at radius 1 is 1.44 bits per heavy atom. The van der Waals surface area contributed by atoms with Crippen molar-refractivity contribution in [3.63, 3.8) is 0 Å². The number of nitrogen functional groups attached to an aromatic ring is 1. The van der Waals surface area contributed by atoms with Gasteiger partial charge in [-0.2, -0.15) is 9.97 Å². The summed E-state index contributed by atoms with van der Waals surface area (Å²) in [7, 11) is 0. The summed E-state index contributed by atoms with van der Waals surface area (Å²) in [5, 5.41) is 0. The molecule has 0 atom stereocenters. The summed E-state index contributed by atoms with van der Waals surface area (Å²) in [5.41, 5.74) is 7.12. The van der Waals surface area contributed by atoms with Crippen molar-refractivity contribution in [2.24, 2.45) is 0 Å². The number of nitrogens with zero attached hydrogens (tertiary/aromatic N) is 4. The lowest BCUT2D eigenvalue weighted by atomic mass is 10.3. The maximum Gasteiger partial charge on any atom is 0.224 e. The minimum absolute atomic E-state index is 0.258. The van der Waals surface area contributed by atoms with E-state index in [2.05, 4.69) is 45.6 Å². The summed E-state index contributed by atoms with van der Waals surface area (Å²) in [5.74, 6) is 1.08. The van der Waals surface area contributed by atoms with Gasteiger partial charge in [0.15, 0.2) is 11.5 Å². The molecule has 2 aromatic rings. The van der Waals surface area contributed by atoms with Crippen LogP contribution in [0.25, 0.3) is 11.2 Å². The Bertz CT molecular complexity index is 489. The van der Waals surface area contributed by atoms with Crippen molar-refractivity contribution in [3.05, 3.63) is 6.33 Å². The minimum Gasteiger partial charge on any atom is -0.368 e. The van der Waals surface area contributed by atoms with Crippen LogP contribution in [0.1, 0.15) is 20.8 Å². The Morgan fingerprint density at radius 2 is 2.19 bits per heavy atom. The topological polar surface area (TPSA) is 83.7 Å². The average Bonchev–Trinajstić information content (AvgIpc) is 2.65. The van der Waals surface area contributed by atoms with Gasteiger partial charge in [-0.25, -0.2) is 4.98 Å². The van der Waals surface area contributed by atoms with Crippen LogP contribution in [0.2, 0.25) is 0 Å². The summed E-state index contributed by atoms with van der Waals surface area (Å²) in [4.78, 5) is 17.7. The van der Waals surface area contributed by atoms with Crippen molar-refractivity contribution < 1.29 is 0 Å². The monoisotopic (exact) mass is 220 g/mol. The lowest BCUT2D eigenvalue weighted by Gasteiger charge is -2.26. The summed E-state index contributed by atoms with van der Waals surface area (Å²) >= 11 is 0. The predicted octanol–water partition coefficient (Wildman–Crippen LogP) is 1.17. The lowest BCUT2D eigenvalue weighted by Crippen LogP contribution is -2.31. The molecule has 0 fully saturated rings. The first-order valence-corrected chi connectivity index (χ1v) is 5.36. The number of imidazole rings is 1. The second-order valence-electron chi connectivity index (χ2n) is 3.89. The molecule has 0 saturated carbocycles. The van der Waals surface area contributed by atoms with Gasteiger partial charge in [-0.1, -0.05) is 0 Å². The van der Waals surface area contributed by atoms with Crippen LogP contribution in [0.3, 0.4) is 0 Å². The highest BCUT2D eigenvalue weighted by Gasteiger charge is 2.16. The molecule has 0 aliphatic carbocycles. The molecule has 3 N–H and O–H groups in total. The molecule has 0 saturated heterocycles. The van der Waals surface area contributed by atoms with Crippen LogP contribution < -0.4 is 10.6 Å². The smallest absolute Gasteiger partial charge is 0.224 e. The van der Waals surface area contributed by atoms with Crippen LogP contribution in [-0.4, -0.2) is 32.5 Å². The van der Waals surface area contributed by atoms with E-state index in [4.69, 9.17) is 5.73 Å². The highest BCUT2D eigenvalue weighted by molar-refractivity contribution is 5.84. The van der Waals surface area contributed by atoms with Gasteiger partial charge in [-0.3, -0.25) is 0 Å². The Morgan fingerprint density at radius 3 is 2.81 bits per heavy atom. The van der Waals surface area contributed by atoms with Crippen molar-refractivity contribution in [1.29, 1.82) is 0 Å². The number of aromatic amines is 1.